The summed E-state index contributed by atoms with van der Waals surface area (Å²) in [5.74, 6) is 0. The molecule has 0 rings (SSSR count). The highest BCUT2D eigenvalue weighted by molar-refractivity contribution is 7.73. The van der Waals surface area contributed by atoms with E-state index in [0.717, 1.165) is 0 Å². The Bertz CT molecular complexity index is 92.6. The molecule has 0 aliphatic rings. The first-order chi connectivity index (χ1) is 7.91. The molecule has 0 aliphatic heterocycles. The third-order valence-electron chi connectivity index (χ3n) is 3.46. The molecule has 0 atom stereocenters. The van der Waals surface area contributed by atoms with Crippen LogP contribution in [0.4, 0.5) is 0 Å². The molecule has 0 aromatic carbocycles. The summed E-state index contributed by atoms with van der Waals surface area (Å²) in [5.41, 5.74) is 0. The van der Waals surface area contributed by atoms with Crippen molar-refractivity contribution in [1.82, 2.24) is 0 Å². The van der Waals surface area contributed by atoms with Crippen LogP contribution in [0.25, 0.3) is 0 Å². The Morgan fingerprint density at radius 1 is 0.312 bits per heavy atom. The fourth-order valence-corrected chi connectivity index (χ4v) is 2.27. The summed E-state index contributed by atoms with van der Waals surface area (Å²) in [6.45, 7) is 0. The monoisotopic (exact) mass is 194 g/mol. The third kappa shape index (κ3) is 15.0. The molecule has 0 amide bonds. The van der Waals surface area contributed by atoms with Crippen LogP contribution in [0, 0.1) is 0 Å². The van der Waals surface area contributed by atoms with Gasteiger partial charge in [-0.15, -0.1) is 0 Å². The van der Waals surface area contributed by atoms with Crippen molar-refractivity contribution in [2.24, 2.45) is 0 Å². The average molecular weight is 191 g/mol. The Morgan fingerprint density at radius 2 is 0.500 bits per heavy atom. The number of hydrogen-bond donors (Lipinski definition) is 0. The maximum Gasteiger partial charge on any atom is 0.0597 e. The minimum Gasteiger partial charge on any atom is 0.0379 e. The normalized spacial score (nSPS) is 7.25. The van der Waals surface area contributed by atoms with Gasteiger partial charge in [0.05, 0.1) is 15.5 Å². The van der Waals surface area contributed by atoms with Crippen molar-refractivity contribution in [3.63, 3.8) is 0 Å². The second-order valence-corrected chi connectivity index (χ2v) is 5.24. The third-order valence-corrected chi connectivity index (χ3v) is 3.46. The van der Waals surface area contributed by atoms with Gasteiger partial charge in [0, 0.05) is 98.9 Å². The molecule has 0 saturated heterocycles. The maximum atomic E-state index is 2.29. The van der Waals surface area contributed by atoms with Crippen LogP contribution in [0.15, 0.2) is 0 Å². The molecule has 0 fully saturated rings. The topological polar surface area (TPSA) is 0 Å². The average Bonchev–Trinajstić information content (AvgIpc) is 2.31. The molecule has 0 N–H and O–H groups in total. The van der Waals surface area contributed by atoms with E-state index in [0.29, 0.717) is 0 Å². The second kappa shape index (κ2) is 16.0. The molecule has 0 bridgehead atoms. The summed E-state index contributed by atoms with van der Waals surface area (Å²) < 4.78 is 0. The highest BCUT2D eigenvalue weighted by Gasteiger charge is 2.02. The Morgan fingerprint density at radius 3 is 0.688 bits per heavy atom. The van der Waals surface area contributed by atoms with E-state index >= 15 is 0 Å². The van der Waals surface area contributed by atoms with Crippen molar-refractivity contribution in [2.75, 3.05) is 0 Å². The summed E-state index contributed by atoms with van der Waals surface area (Å²) in [6, 6.07) is 0. The minimum absolute atomic E-state index is 1.37. The predicted molar refractivity (Wildman–Crippen MR) is 117 cm³/mol. The number of hydrogen-bond acceptors (Lipinski definition) is 0. The molecule has 0 heterocycles. The van der Waals surface area contributed by atoms with Crippen molar-refractivity contribution < 1.29 is 0 Å². The largest absolute Gasteiger partial charge is 0.0597 e. The summed E-state index contributed by atoms with van der Waals surface area (Å²) in [5, 5.41) is 0. The molecule has 0 unspecified atom stereocenters. The Kier molecular flexibility index (Phi) is 17.1. The molecule has 0 spiro atoms. The van der Waals surface area contributed by atoms with Crippen molar-refractivity contribution >= 4 is 114 Å². The van der Waals surface area contributed by atoms with Gasteiger partial charge in [0.15, 0.2) is 0 Å². The van der Waals surface area contributed by atoms with Crippen LogP contribution >= 0.6 is 0 Å². The van der Waals surface area contributed by atoms with E-state index in [1.807, 2.05) is 0 Å². The van der Waals surface area contributed by atoms with Gasteiger partial charge in [-0.25, -0.2) is 0 Å². The molecule has 0 aromatic rings. The van der Waals surface area contributed by atoms with Gasteiger partial charge in [-0.2, -0.15) is 0 Å². The molecule has 0 radical (unpaired) electrons. The van der Waals surface area contributed by atoms with Gasteiger partial charge in [0.25, 0.3) is 0 Å². The second-order valence-electron chi connectivity index (χ2n) is 5.24. The lowest BCUT2D eigenvalue weighted by atomic mass is 8.85. The van der Waals surface area contributed by atoms with Crippen LogP contribution in [0.1, 0.15) is 0 Å². The summed E-state index contributed by atoms with van der Waals surface area (Å²) in [7, 11) is 25.0. The fraction of sp³-hybridized carbons (Fsp3) is 0. The summed E-state index contributed by atoms with van der Waals surface area (Å²) in [4.78, 5) is 0. The minimum atomic E-state index is 1.37. The maximum absolute atomic E-state index is 2.29. The zero-order valence-electron chi connectivity index (χ0n) is 11.9. The first-order valence-electron chi connectivity index (χ1n) is 7.91. The summed E-state index contributed by atoms with van der Waals surface area (Å²) >= 11 is 0. The van der Waals surface area contributed by atoms with Crippen LogP contribution in [-0.4, -0.2) is 114 Å². The van der Waals surface area contributed by atoms with Gasteiger partial charge in [-0.05, 0) is 0 Å². The van der Waals surface area contributed by atoms with E-state index in [9.17, 15) is 0 Å². The van der Waals surface area contributed by atoms with Gasteiger partial charge in [0.2, 0.25) is 0 Å². The lowest BCUT2D eigenvalue weighted by Crippen LogP contribution is -2.35. The van der Waals surface area contributed by atoms with Gasteiger partial charge in [-0.3, -0.25) is 0 Å². The number of rotatable bonds is 13. The van der Waals surface area contributed by atoms with Crippen LogP contribution in [0.3, 0.4) is 0 Å². The van der Waals surface area contributed by atoms with Crippen LogP contribution in [-0.2, 0) is 0 Å². The quantitative estimate of drug-likeness (QED) is 0.200. The van der Waals surface area contributed by atoms with Crippen LogP contribution in [0.2, 0.25) is 0 Å². The Balaban J connectivity index is 2.83. The zero-order chi connectivity index (χ0) is 11.9. The molecular weight excluding hydrogens is 173 g/mol. The van der Waals surface area contributed by atoms with E-state index < -0.39 is 0 Å². The smallest absolute Gasteiger partial charge is 0.0379 e. The van der Waals surface area contributed by atoms with Crippen LogP contribution < -0.4 is 0 Å². The van der Waals surface area contributed by atoms with Crippen molar-refractivity contribution in [3.05, 3.63) is 0 Å². The predicted octanol–water partition coefficient (Wildman–Crippen LogP) is -10.9. The van der Waals surface area contributed by atoms with E-state index in [1.165, 1.54) is 98.9 Å². The highest BCUT2D eigenvalue weighted by atomic mass is 12.8. The molecule has 0 aliphatic carbocycles. The van der Waals surface area contributed by atoms with Crippen molar-refractivity contribution in [1.29, 1.82) is 0 Å². The standard InChI is InChI=1S/B16H18/c1-3-5-7-9-11-13-15-16-14-12-10-8-6-4-2/h3-16H,1-2H2. The van der Waals surface area contributed by atoms with Gasteiger partial charge in [-0.1, -0.05) is 0 Å². The van der Waals surface area contributed by atoms with Gasteiger partial charge >= 0.3 is 0 Å². The van der Waals surface area contributed by atoms with Gasteiger partial charge in [0.1, 0.15) is 0 Å². The lowest BCUT2D eigenvalue weighted by Gasteiger charge is -1.93. The SMILES string of the molecule is BBBBBBBBBBBBBBBB. The molecular formula is H18B16. The van der Waals surface area contributed by atoms with E-state index in [2.05, 4.69) is 15.5 Å². The van der Waals surface area contributed by atoms with E-state index in [4.69, 9.17) is 0 Å². The van der Waals surface area contributed by atoms with Crippen molar-refractivity contribution in [2.45, 2.75) is 0 Å². The highest BCUT2D eigenvalue weighted by Crippen LogP contribution is 1.60. The Hall–Kier alpha value is 1.04. The van der Waals surface area contributed by atoms with Crippen LogP contribution in [0.5, 0.6) is 0 Å². The molecule has 66 valence electrons. The molecule has 0 nitrogen and oxygen atoms in total. The first kappa shape index (κ1) is 17.0. The van der Waals surface area contributed by atoms with Gasteiger partial charge < -0.3 is 0 Å². The molecule has 0 aromatic heterocycles. The Labute approximate surface area is 114 Å². The lowest BCUT2D eigenvalue weighted by molar-refractivity contribution is 3.79. The molecule has 16 heteroatoms. The fourth-order valence-electron chi connectivity index (χ4n) is 2.27. The zero-order valence-corrected chi connectivity index (χ0v) is 11.9. The molecule has 16 heavy (non-hydrogen) atoms. The van der Waals surface area contributed by atoms with Crippen molar-refractivity contribution in [3.8, 4) is 0 Å². The summed E-state index contributed by atoms with van der Waals surface area (Å²) in [6.07, 6.45) is 0. The van der Waals surface area contributed by atoms with E-state index in [-0.39, 0.29) is 0 Å². The van der Waals surface area contributed by atoms with E-state index in [1.54, 1.807) is 0 Å². The molecule has 0 saturated carbocycles. The first-order valence-corrected chi connectivity index (χ1v) is 7.91.